The van der Waals surface area contributed by atoms with Gasteiger partial charge in [0, 0.05) is 30.2 Å². The van der Waals surface area contributed by atoms with Crippen LogP contribution in [0.5, 0.6) is 0 Å². The lowest BCUT2D eigenvalue weighted by Gasteiger charge is -2.14. The molecule has 42 heavy (non-hydrogen) atoms. The van der Waals surface area contributed by atoms with Gasteiger partial charge in [0.25, 0.3) is 0 Å². The van der Waals surface area contributed by atoms with Crippen molar-refractivity contribution in [3.05, 3.63) is 48.0 Å². The third-order valence-electron chi connectivity index (χ3n) is 5.93. The van der Waals surface area contributed by atoms with Crippen molar-refractivity contribution < 1.29 is 61.9 Å². The van der Waals surface area contributed by atoms with Gasteiger partial charge in [-0.3, -0.25) is 9.88 Å². The van der Waals surface area contributed by atoms with Gasteiger partial charge in [-0.25, -0.2) is 14.0 Å². The molecule has 0 bridgehead atoms. The van der Waals surface area contributed by atoms with E-state index in [9.17, 15) is 31.9 Å². The van der Waals surface area contributed by atoms with Crippen molar-refractivity contribution in [3.63, 3.8) is 0 Å². The Balaban J connectivity index is 0.000000616. The van der Waals surface area contributed by atoms with Crippen molar-refractivity contribution in [3.8, 4) is 11.1 Å². The number of ether oxygens (including phenoxy) is 2. The van der Waals surface area contributed by atoms with Crippen LogP contribution in [0.25, 0.3) is 11.1 Å². The van der Waals surface area contributed by atoms with Crippen LogP contribution in [0.1, 0.15) is 31.9 Å². The third kappa shape index (κ3) is 8.70. The summed E-state index contributed by atoms with van der Waals surface area (Å²) in [4.78, 5) is 54.4. The molecule has 1 aromatic carbocycles. The summed E-state index contributed by atoms with van der Waals surface area (Å²) in [7, 11) is 0. The number of carbonyl (C=O) groups excluding carboxylic acids is 4. The molecule has 0 saturated carbocycles. The van der Waals surface area contributed by atoms with Crippen LogP contribution in [-0.2, 0) is 28.7 Å². The molecule has 16 heteroatoms. The first-order valence-electron chi connectivity index (χ1n) is 12.5. The van der Waals surface area contributed by atoms with E-state index in [1.165, 1.54) is 24.1 Å². The number of hydrogen-bond acceptors (Lipinski definition) is 10. The maximum atomic E-state index is 15.0. The molecule has 2 aliphatic rings. The number of aliphatic carboxylic acids is 1. The minimum atomic E-state index is -5.19. The standard InChI is InChI=1S/C24H25FN4O6.C2HF3O2/c1-14(30)2-5-17-12-29(24(32)34-17)16-4-6-19(20(25)8-16)15-3-7-21(27-11-15)22-9-18(35-28-22)13-33-23(31)10-26;3-2(4,5)1(6)7/h3-4,6-8,11,17-18H,2,5,9-10,12-13,26H2,1H3;(H,6,7)/t17-,18?;/m0./s1. The van der Waals surface area contributed by atoms with Crippen LogP contribution in [0.2, 0.25) is 0 Å². The number of hydrogen-bond donors (Lipinski definition) is 1. The summed E-state index contributed by atoms with van der Waals surface area (Å²) < 4.78 is 56.8. The second-order valence-electron chi connectivity index (χ2n) is 9.14. The van der Waals surface area contributed by atoms with E-state index in [-0.39, 0.29) is 31.6 Å². The number of cyclic esters (lactones) is 1. The lowest BCUT2D eigenvalue weighted by atomic mass is 10.0. The number of pyridine rings is 1. The molecule has 0 radical (unpaired) electrons. The fourth-order valence-electron chi connectivity index (χ4n) is 3.80. The number of rotatable bonds is 9. The molecule has 1 amide bonds. The molecule has 0 spiro atoms. The van der Waals surface area contributed by atoms with Crippen LogP contribution < -0.4 is 15.7 Å². The average molecular weight is 599 g/mol. The second-order valence-corrected chi connectivity index (χ2v) is 9.14. The zero-order valence-electron chi connectivity index (χ0n) is 22.2. The van der Waals surface area contributed by atoms with Crippen molar-refractivity contribution in [2.75, 3.05) is 24.6 Å². The molecule has 3 heterocycles. The van der Waals surface area contributed by atoms with E-state index in [1.54, 1.807) is 24.3 Å². The number of ketones is 1. The number of aromatic nitrogens is 1. The van der Waals surface area contributed by atoms with Crippen LogP contribution in [-0.4, -0.2) is 72.6 Å². The summed E-state index contributed by atoms with van der Waals surface area (Å²) in [6.07, 6.45) is -3.81. The fourth-order valence-corrected chi connectivity index (χ4v) is 3.80. The van der Waals surface area contributed by atoms with E-state index in [0.717, 1.165) is 0 Å². The van der Waals surface area contributed by atoms with Crippen molar-refractivity contribution in [2.45, 2.75) is 44.6 Å². The number of carboxylic acid groups (broad SMARTS) is 1. The molecule has 0 aliphatic carbocycles. The van der Waals surface area contributed by atoms with E-state index < -0.39 is 36.1 Å². The normalized spacial score (nSPS) is 17.9. The zero-order valence-corrected chi connectivity index (χ0v) is 22.2. The number of alkyl halides is 3. The smallest absolute Gasteiger partial charge is 0.430 e. The Labute approximate surface area is 236 Å². The Bertz CT molecular complexity index is 1350. The number of amides is 1. The fraction of sp³-hybridized carbons (Fsp3) is 0.385. The molecule has 12 nitrogen and oxygen atoms in total. The number of halogens is 4. The van der Waals surface area contributed by atoms with E-state index in [1.807, 2.05) is 0 Å². The molecular weight excluding hydrogens is 572 g/mol. The van der Waals surface area contributed by atoms with E-state index in [2.05, 4.69) is 15.9 Å². The number of quaternary nitrogens is 1. The molecule has 1 fully saturated rings. The van der Waals surface area contributed by atoms with E-state index in [0.29, 0.717) is 47.5 Å². The summed E-state index contributed by atoms with van der Waals surface area (Å²) in [5.41, 5.74) is 5.92. The molecule has 2 atom stereocenters. The number of carboxylic acids is 1. The van der Waals surface area contributed by atoms with Gasteiger partial charge in [-0.2, -0.15) is 13.2 Å². The van der Waals surface area contributed by atoms with Crippen molar-refractivity contribution in [2.24, 2.45) is 5.16 Å². The number of oxime groups is 1. The van der Waals surface area contributed by atoms with Crippen molar-refractivity contribution in [1.29, 1.82) is 0 Å². The quantitative estimate of drug-likeness (QED) is 0.328. The minimum absolute atomic E-state index is 0.0251. The lowest BCUT2D eigenvalue weighted by Crippen LogP contribution is -2.54. The number of anilines is 1. The number of carbonyl (C=O) groups is 4. The molecule has 226 valence electrons. The van der Waals surface area contributed by atoms with Gasteiger partial charge in [-0.05, 0) is 37.6 Å². The van der Waals surface area contributed by atoms with Crippen molar-refractivity contribution >= 4 is 35.2 Å². The number of benzene rings is 1. The van der Waals surface area contributed by atoms with Crippen LogP contribution in [0.4, 0.5) is 28.0 Å². The van der Waals surface area contributed by atoms with Crippen LogP contribution in [0.3, 0.4) is 0 Å². The van der Waals surface area contributed by atoms with Gasteiger partial charge in [0.1, 0.15) is 36.0 Å². The van der Waals surface area contributed by atoms with Gasteiger partial charge in [-0.15, -0.1) is 0 Å². The Morgan fingerprint density at radius 2 is 1.90 bits per heavy atom. The van der Waals surface area contributed by atoms with Gasteiger partial charge < -0.3 is 34.7 Å². The Kier molecular flexibility index (Phi) is 10.5. The topological polar surface area (TPSA) is 175 Å². The number of nitrogens with zero attached hydrogens (tertiary/aromatic N) is 3. The summed E-state index contributed by atoms with van der Waals surface area (Å²) in [6.45, 7) is 1.88. The van der Waals surface area contributed by atoms with E-state index in [4.69, 9.17) is 24.2 Å². The van der Waals surface area contributed by atoms with Gasteiger partial charge in [0.15, 0.2) is 12.6 Å². The first-order valence-corrected chi connectivity index (χ1v) is 12.5. The highest BCUT2D eigenvalue weighted by molar-refractivity contribution is 5.99. The molecule has 1 aromatic heterocycles. The molecule has 4 rings (SSSR count). The predicted octanol–water partition coefficient (Wildman–Crippen LogP) is 1.16. The molecule has 2 aliphatic heterocycles. The van der Waals surface area contributed by atoms with Gasteiger partial charge in [-0.1, -0.05) is 11.2 Å². The second kappa shape index (κ2) is 13.8. The van der Waals surface area contributed by atoms with Gasteiger partial charge in [0.2, 0.25) is 0 Å². The summed E-state index contributed by atoms with van der Waals surface area (Å²) >= 11 is 0. The molecule has 1 saturated heterocycles. The lowest BCUT2D eigenvalue weighted by molar-refractivity contribution is -0.360. The Hall–Kier alpha value is -4.60. The first kappa shape index (κ1) is 31.9. The third-order valence-corrected chi connectivity index (χ3v) is 5.93. The monoisotopic (exact) mass is 598 g/mol. The number of Topliss-reactive ketones (excluding diaryl/α,β-unsaturated/α-hetero) is 1. The minimum Gasteiger partial charge on any atom is -0.542 e. The van der Waals surface area contributed by atoms with Crippen LogP contribution in [0.15, 0.2) is 41.7 Å². The zero-order chi connectivity index (χ0) is 31.0. The molecule has 2 aromatic rings. The van der Waals surface area contributed by atoms with Crippen LogP contribution >= 0.6 is 0 Å². The first-order chi connectivity index (χ1) is 19.8. The summed E-state index contributed by atoms with van der Waals surface area (Å²) in [5, 5.41) is 12.8. The average Bonchev–Trinajstić information content (AvgIpc) is 3.57. The van der Waals surface area contributed by atoms with Gasteiger partial charge >= 0.3 is 18.2 Å². The predicted molar refractivity (Wildman–Crippen MR) is 133 cm³/mol. The highest BCUT2D eigenvalue weighted by Crippen LogP contribution is 2.30. The summed E-state index contributed by atoms with van der Waals surface area (Å²) in [6, 6.07) is 7.95. The summed E-state index contributed by atoms with van der Waals surface area (Å²) in [5.74, 6) is -3.90. The van der Waals surface area contributed by atoms with Gasteiger partial charge in [0.05, 0.1) is 17.9 Å². The highest BCUT2D eigenvalue weighted by atomic mass is 19.4. The maximum Gasteiger partial charge on any atom is 0.430 e. The highest BCUT2D eigenvalue weighted by Gasteiger charge is 2.33. The number of esters is 1. The molecule has 1 unspecified atom stereocenters. The van der Waals surface area contributed by atoms with Crippen LogP contribution in [0, 0.1) is 5.82 Å². The maximum absolute atomic E-state index is 15.0. The van der Waals surface area contributed by atoms with Crippen molar-refractivity contribution in [1.82, 2.24) is 4.98 Å². The Morgan fingerprint density at radius 1 is 1.19 bits per heavy atom. The SMILES string of the molecule is CC(=O)CC[C@H]1CN(c2ccc(-c3ccc(C4=NOC(COC(=O)C[NH3+])C4)nc3)c(F)c2)C(=O)O1.O=C([O-])C(F)(F)F. The largest absolute Gasteiger partial charge is 0.542 e. The molecule has 3 N–H and O–H groups in total. The molecular formula is C26H26F4N4O8. The Morgan fingerprint density at radius 3 is 2.48 bits per heavy atom. The van der Waals surface area contributed by atoms with E-state index >= 15 is 0 Å².